The van der Waals surface area contributed by atoms with E-state index in [-0.39, 0.29) is 24.0 Å². The molecule has 1 aliphatic heterocycles. The number of nitrogens with zero attached hydrogens (tertiary/aromatic N) is 2. The number of thiophene rings is 1. The molecule has 0 spiro atoms. The van der Waals surface area contributed by atoms with Crippen LogP contribution in [0.4, 0.5) is 15.8 Å². The van der Waals surface area contributed by atoms with Crippen molar-refractivity contribution >= 4 is 34.5 Å². The number of piperazine rings is 1. The van der Waals surface area contributed by atoms with Crippen molar-refractivity contribution in [2.75, 3.05) is 16.3 Å². The number of hydrogen-bond acceptors (Lipinski definition) is 3. The van der Waals surface area contributed by atoms with E-state index in [4.69, 9.17) is 0 Å². The molecule has 2 amide bonds. The number of amides is 2. The van der Waals surface area contributed by atoms with Crippen LogP contribution in [0, 0.1) is 19.7 Å². The average Bonchev–Trinajstić information content (AvgIpc) is 3.20. The molecule has 1 unspecified atom stereocenters. The van der Waals surface area contributed by atoms with E-state index in [0.29, 0.717) is 11.3 Å². The zero-order chi connectivity index (χ0) is 19.8. The maximum Gasteiger partial charge on any atom is 0.255 e. The molecule has 4 rings (SSSR count). The van der Waals surface area contributed by atoms with Gasteiger partial charge in [-0.2, -0.15) is 11.3 Å². The van der Waals surface area contributed by atoms with Gasteiger partial charge >= 0.3 is 0 Å². The number of anilines is 2. The van der Waals surface area contributed by atoms with Gasteiger partial charge in [-0.3, -0.25) is 14.5 Å². The second kappa shape index (κ2) is 7.20. The second-order valence-electron chi connectivity index (χ2n) is 6.82. The topological polar surface area (TPSA) is 40.6 Å². The van der Waals surface area contributed by atoms with E-state index in [1.54, 1.807) is 18.2 Å². The van der Waals surface area contributed by atoms with Crippen molar-refractivity contribution in [1.29, 1.82) is 0 Å². The molecule has 0 aliphatic carbocycles. The number of carbonyl (C=O) groups is 2. The summed E-state index contributed by atoms with van der Waals surface area (Å²) in [6, 6.07) is 12.7. The second-order valence-corrected chi connectivity index (χ2v) is 7.60. The molecule has 1 aromatic heterocycles. The van der Waals surface area contributed by atoms with Crippen LogP contribution in [-0.4, -0.2) is 18.4 Å². The van der Waals surface area contributed by atoms with E-state index >= 15 is 0 Å². The fourth-order valence-corrected chi connectivity index (χ4v) is 4.24. The van der Waals surface area contributed by atoms with E-state index < -0.39 is 11.9 Å². The van der Waals surface area contributed by atoms with Gasteiger partial charge in [0.15, 0.2) is 0 Å². The van der Waals surface area contributed by atoms with Crippen LogP contribution in [0.5, 0.6) is 0 Å². The Balaban J connectivity index is 1.84. The highest BCUT2D eigenvalue weighted by Crippen LogP contribution is 2.37. The molecule has 1 aliphatic rings. The first-order valence-corrected chi connectivity index (χ1v) is 9.89. The van der Waals surface area contributed by atoms with E-state index in [2.05, 4.69) is 0 Å². The lowest BCUT2D eigenvalue weighted by Gasteiger charge is -2.40. The summed E-state index contributed by atoms with van der Waals surface area (Å²) in [5, 5.41) is 3.68. The van der Waals surface area contributed by atoms with Crippen LogP contribution in [0.15, 0.2) is 59.3 Å². The molecule has 3 aromatic rings. The lowest BCUT2D eigenvalue weighted by atomic mass is 10.00. The molecule has 4 nitrogen and oxygen atoms in total. The first-order chi connectivity index (χ1) is 13.5. The fraction of sp³-hybridized carbons (Fsp3) is 0.182. The molecule has 1 saturated heterocycles. The molecule has 142 valence electrons. The number of benzene rings is 2. The highest BCUT2D eigenvalue weighted by atomic mass is 32.1. The largest absolute Gasteiger partial charge is 0.301 e. The Labute approximate surface area is 166 Å². The monoisotopic (exact) mass is 394 g/mol. The third kappa shape index (κ3) is 2.99. The highest BCUT2D eigenvalue weighted by molar-refractivity contribution is 7.08. The summed E-state index contributed by atoms with van der Waals surface area (Å²) < 4.78 is 14.5. The summed E-state index contributed by atoms with van der Waals surface area (Å²) in [4.78, 5) is 29.5. The maximum absolute atomic E-state index is 14.5. The summed E-state index contributed by atoms with van der Waals surface area (Å²) >= 11 is 1.44. The zero-order valence-corrected chi connectivity index (χ0v) is 16.4. The Hall–Kier alpha value is -2.99. The molecular formula is C22H19FN2O2S. The SMILES string of the molecule is Cc1cccc(N2CC(=O)N(c3ccccc3F)C(c3ccsc3)C2=O)c1C. The predicted octanol–water partition coefficient (Wildman–Crippen LogP) is 4.63. The van der Waals surface area contributed by atoms with E-state index in [0.717, 1.165) is 11.1 Å². The van der Waals surface area contributed by atoms with Crippen molar-refractivity contribution in [3.63, 3.8) is 0 Å². The van der Waals surface area contributed by atoms with Gasteiger partial charge in [-0.15, -0.1) is 0 Å². The summed E-state index contributed by atoms with van der Waals surface area (Å²) in [6.07, 6.45) is 0. The van der Waals surface area contributed by atoms with E-state index in [9.17, 15) is 14.0 Å². The van der Waals surface area contributed by atoms with Crippen LogP contribution in [0.3, 0.4) is 0 Å². The molecule has 0 radical (unpaired) electrons. The number of carbonyl (C=O) groups excluding carboxylic acids is 2. The molecule has 6 heteroatoms. The maximum atomic E-state index is 14.5. The number of halogens is 1. The smallest absolute Gasteiger partial charge is 0.255 e. The Morgan fingerprint density at radius 3 is 2.46 bits per heavy atom. The number of aryl methyl sites for hydroxylation is 1. The normalized spacial score (nSPS) is 17.3. The zero-order valence-electron chi connectivity index (χ0n) is 15.6. The lowest BCUT2D eigenvalue weighted by molar-refractivity contribution is -0.128. The first-order valence-electron chi connectivity index (χ1n) is 8.95. The number of para-hydroxylation sites is 1. The molecule has 28 heavy (non-hydrogen) atoms. The lowest BCUT2D eigenvalue weighted by Crippen LogP contribution is -2.56. The van der Waals surface area contributed by atoms with Crippen molar-refractivity contribution in [2.45, 2.75) is 19.9 Å². The fourth-order valence-electron chi connectivity index (χ4n) is 3.57. The van der Waals surface area contributed by atoms with Gasteiger partial charge in [0, 0.05) is 5.69 Å². The number of rotatable bonds is 3. The van der Waals surface area contributed by atoms with Crippen LogP contribution in [-0.2, 0) is 9.59 Å². The van der Waals surface area contributed by atoms with Gasteiger partial charge in [-0.1, -0.05) is 24.3 Å². The molecule has 1 atom stereocenters. The molecule has 0 bridgehead atoms. The van der Waals surface area contributed by atoms with Crippen molar-refractivity contribution in [3.8, 4) is 0 Å². The summed E-state index contributed by atoms with van der Waals surface area (Å²) in [5.41, 5.74) is 3.51. The van der Waals surface area contributed by atoms with Gasteiger partial charge in [0.2, 0.25) is 5.91 Å². The van der Waals surface area contributed by atoms with Crippen molar-refractivity contribution < 1.29 is 14.0 Å². The van der Waals surface area contributed by atoms with Crippen LogP contribution < -0.4 is 9.80 Å². The van der Waals surface area contributed by atoms with Gasteiger partial charge in [-0.05, 0) is 65.6 Å². The average molecular weight is 394 g/mol. The Morgan fingerprint density at radius 2 is 1.75 bits per heavy atom. The standard InChI is InChI=1S/C22H19FN2O2S/c1-14-6-5-9-18(15(14)2)24-12-20(26)25(19-8-4-3-7-17(19)23)21(22(24)27)16-10-11-28-13-16/h3-11,13,21H,12H2,1-2H3. The third-order valence-electron chi connectivity index (χ3n) is 5.16. The minimum Gasteiger partial charge on any atom is -0.301 e. The summed E-state index contributed by atoms with van der Waals surface area (Å²) in [5.74, 6) is -1.08. The molecular weight excluding hydrogens is 375 g/mol. The van der Waals surface area contributed by atoms with Crippen molar-refractivity contribution in [1.82, 2.24) is 0 Å². The highest BCUT2D eigenvalue weighted by Gasteiger charge is 2.43. The Kier molecular flexibility index (Phi) is 4.73. The van der Waals surface area contributed by atoms with Crippen LogP contribution in [0.2, 0.25) is 0 Å². The van der Waals surface area contributed by atoms with Crippen molar-refractivity contribution in [2.24, 2.45) is 0 Å². The van der Waals surface area contributed by atoms with E-state index in [1.807, 2.05) is 42.8 Å². The first kappa shape index (κ1) is 18.4. The van der Waals surface area contributed by atoms with Gasteiger partial charge in [0.1, 0.15) is 18.4 Å². The van der Waals surface area contributed by atoms with Gasteiger partial charge in [0.25, 0.3) is 5.91 Å². The van der Waals surface area contributed by atoms with Crippen molar-refractivity contribution in [3.05, 3.63) is 81.8 Å². The predicted molar refractivity (Wildman–Crippen MR) is 109 cm³/mol. The molecule has 1 fully saturated rings. The Morgan fingerprint density at radius 1 is 1.00 bits per heavy atom. The van der Waals surface area contributed by atoms with Crippen LogP contribution in [0.1, 0.15) is 22.7 Å². The number of hydrogen-bond donors (Lipinski definition) is 0. The van der Waals surface area contributed by atoms with Gasteiger partial charge in [0.05, 0.1) is 5.69 Å². The molecule has 0 saturated carbocycles. The van der Waals surface area contributed by atoms with Gasteiger partial charge in [-0.25, -0.2) is 4.39 Å². The van der Waals surface area contributed by atoms with Crippen LogP contribution >= 0.6 is 11.3 Å². The summed E-state index contributed by atoms with van der Waals surface area (Å²) in [7, 11) is 0. The molecule has 2 aromatic carbocycles. The quantitative estimate of drug-likeness (QED) is 0.650. The summed E-state index contributed by atoms with van der Waals surface area (Å²) in [6.45, 7) is 3.78. The Bertz CT molecular complexity index is 1050. The van der Waals surface area contributed by atoms with Gasteiger partial charge < -0.3 is 4.90 Å². The minimum absolute atomic E-state index is 0.123. The minimum atomic E-state index is -0.899. The third-order valence-corrected chi connectivity index (χ3v) is 5.86. The van der Waals surface area contributed by atoms with E-state index in [1.165, 1.54) is 33.3 Å². The van der Waals surface area contributed by atoms with Crippen LogP contribution in [0.25, 0.3) is 0 Å². The molecule has 0 N–H and O–H groups in total. The molecule has 2 heterocycles.